The molecule has 140 valence electrons. The average molecular weight is 367 g/mol. The van der Waals surface area contributed by atoms with Gasteiger partial charge in [0.05, 0.1) is 11.3 Å². The molecule has 1 aliphatic carbocycles. The number of pyridine rings is 1. The molecule has 2 heterocycles. The number of benzene rings is 1. The summed E-state index contributed by atoms with van der Waals surface area (Å²) in [7, 11) is 0. The molecule has 0 radical (unpaired) electrons. The molecule has 3 N–H and O–H groups in total. The molecule has 5 nitrogen and oxygen atoms in total. The van der Waals surface area contributed by atoms with E-state index < -0.39 is 11.4 Å². The standard InChI is InChI=1S/C21H22FN3O2/c1-21(27)8-4-14(5-9-21)25-20(26)13-2-3-15(17(22)12-13)19-16-6-10-23-18(16)7-11-24-19/h2-3,6-7,10-12,14,23,27H,4-5,8-9H2,1H3,(H,25,26). The monoisotopic (exact) mass is 367 g/mol. The van der Waals surface area contributed by atoms with Crippen LogP contribution in [-0.2, 0) is 0 Å². The molecule has 1 aromatic carbocycles. The van der Waals surface area contributed by atoms with Crippen molar-refractivity contribution in [2.75, 3.05) is 0 Å². The fraction of sp³-hybridized carbons (Fsp3) is 0.333. The minimum atomic E-state index is -0.652. The van der Waals surface area contributed by atoms with Crippen LogP contribution in [0.4, 0.5) is 4.39 Å². The Morgan fingerprint density at radius 1 is 1.30 bits per heavy atom. The summed E-state index contributed by atoms with van der Waals surface area (Å²) >= 11 is 0. The van der Waals surface area contributed by atoms with Crippen molar-refractivity contribution >= 4 is 16.8 Å². The summed E-state index contributed by atoms with van der Waals surface area (Å²) in [4.78, 5) is 19.9. The fourth-order valence-electron chi connectivity index (χ4n) is 3.70. The molecule has 1 fully saturated rings. The SMILES string of the molecule is CC1(O)CCC(NC(=O)c2ccc(-c3nccc4[nH]ccc34)c(F)c2)CC1. The van der Waals surface area contributed by atoms with Crippen molar-refractivity contribution in [1.82, 2.24) is 15.3 Å². The summed E-state index contributed by atoms with van der Waals surface area (Å²) in [6.07, 6.45) is 6.16. The first-order valence-electron chi connectivity index (χ1n) is 9.18. The number of hydrogen-bond donors (Lipinski definition) is 3. The highest BCUT2D eigenvalue weighted by atomic mass is 19.1. The predicted octanol–water partition coefficient (Wildman–Crippen LogP) is 3.79. The zero-order valence-electron chi connectivity index (χ0n) is 15.1. The Labute approximate surface area is 156 Å². The van der Waals surface area contributed by atoms with E-state index in [0.717, 1.165) is 23.7 Å². The molecule has 0 atom stereocenters. The molecular weight excluding hydrogens is 345 g/mol. The molecular formula is C21H22FN3O2. The van der Waals surface area contributed by atoms with Crippen LogP contribution in [0.15, 0.2) is 42.7 Å². The van der Waals surface area contributed by atoms with Gasteiger partial charge in [-0.3, -0.25) is 9.78 Å². The van der Waals surface area contributed by atoms with Crippen LogP contribution in [0.1, 0.15) is 43.0 Å². The Morgan fingerprint density at radius 2 is 2.07 bits per heavy atom. The minimum absolute atomic E-state index is 0.00994. The maximum absolute atomic E-state index is 14.7. The Bertz CT molecular complexity index is 986. The van der Waals surface area contributed by atoms with Crippen LogP contribution in [0.25, 0.3) is 22.2 Å². The number of aliphatic hydroxyl groups is 1. The van der Waals surface area contributed by atoms with Gasteiger partial charge >= 0.3 is 0 Å². The number of carbonyl (C=O) groups excluding carboxylic acids is 1. The van der Waals surface area contributed by atoms with Gasteiger partial charge in [0.15, 0.2) is 0 Å². The number of fused-ring (bicyclic) bond motifs is 1. The van der Waals surface area contributed by atoms with Gasteiger partial charge in [-0.05, 0) is 62.9 Å². The Hall–Kier alpha value is -2.73. The van der Waals surface area contributed by atoms with E-state index >= 15 is 0 Å². The molecule has 0 saturated heterocycles. The van der Waals surface area contributed by atoms with Crippen molar-refractivity contribution in [3.63, 3.8) is 0 Å². The van der Waals surface area contributed by atoms with Crippen LogP contribution in [0.3, 0.4) is 0 Å². The lowest BCUT2D eigenvalue weighted by Gasteiger charge is -2.33. The van der Waals surface area contributed by atoms with Gasteiger partial charge in [0.2, 0.25) is 0 Å². The maximum atomic E-state index is 14.7. The summed E-state index contributed by atoms with van der Waals surface area (Å²) in [6.45, 7) is 1.82. The molecule has 1 aliphatic rings. The number of aromatic amines is 1. The van der Waals surface area contributed by atoms with Gasteiger partial charge in [-0.25, -0.2) is 4.39 Å². The smallest absolute Gasteiger partial charge is 0.251 e. The second-order valence-electron chi connectivity index (χ2n) is 7.54. The summed E-state index contributed by atoms with van der Waals surface area (Å²) in [5, 5.41) is 13.8. The third kappa shape index (κ3) is 3.57. The summed E-state index contributed by atoms with van der Waals surface area (Å²) in [5.74, 6) is -0.768. The van der Waals surface area contributed by atoms with E-state index in [2.05, 4.69) is 15.3 Å². The molecule has 27 heavy (non-hydrogen) atoms. The lowest BCUT2D eigenvalue weighted by Crippen LogP contribution is -2.42. The van der Waals surface area contributed by atoms with Crippen molar-refractivity contribution < 1.29 is 14.3 Å². The highest BCUT2D eigenvalue weighted by Gasteiger charge is 2.29. The third-order valence-corrected chi connectivity index (χ3v) is 5.36. The molecule has 6 heteroatoms. The van der Waals surface area contributed by atoms with Gasteiger partial charge in [0, 0.05) is 40.5 Å². The Balaban J connectivity index is 1.53. The third-order valence-electron chi connectivity index (χ3n) is 5.36. The molecule has 0 aliphatic heterocycles. The van der Waals surface area contributed by atoms with Gasteiger partial charge < -0.3 is 15.4 Å². The second kappa shape index (κ2) is 6.78. The van der Waals surface area contributed by atoms with E-state index in [9.17, 15) is 14.3 Å². The number of halogens is 1. The van der Waals surface area contributed by atoms with Crippen LogP contribution >= 0.6 is 0 Å². The van der Waals surface area contributed by atoms with Gasteiger partial charge in [0.1, 0.15) is 5.82 Å². The second-order valence-corrected chi connectivity index (χ2v) is 7.54. The average Bonchev–Trinajstić information content (AvgIpc) is 3.12. The molecule has 4 rings (SSSR count). The van der Waals surface area contributed by atoms with Gasteiger partial charge in [-0.1, -0.05) is 0 Å². The highest BCUT2D eigenvalue weighted by Crippen LogP contribution is 2.30. The van der Waals surface area contributed by atoms with Gasteiger partial charge in [-0.2, -0.15) is 0 Å². The molecule has 1 saturated carbocycles. The first-order valence-corrected chi connectivity index (χ1v) is 9.18. The van der Waals surface area contributed by atoms with E-state index in [1.165, 1.54) is 6.07 Å². The first-order chi connectivity index (χ1) is 12.9. The van der Waals surface area contributed by atoms with Crippen molar-refractivity contribution in [1.29, 1.82) is 0 Å². The lowest BCUT2D eigenvalue weighted by atomic mass is 9.83. The quantitative estimate of drug-likeness (QED) is 0.659. The van der Waals surface area contributed by atoms with Crippen LogP contribution in [0, 0.1) is 5.82 Å². The van der Waals surface area contributed by atoms with E-state index in [4.69, 9.17) is 0 Å². The fourth-order valence-corrected chi connectivity index (χ4v) is 3.70. The lowest BCUT2D eigenvalue weighted by molar-refractivity contribution is 0.0140. The number of hydrogen-bond acceptors (Lipinski definition) is 3. The van der Waals surface area contributed by atoms with Gasteiger partial charge in [-0.15, -0.1) is 0 Å². The summed E-state index contributed by atoms with van der Waals surface area (Å²) in [6, 6.07) is 8.19. The number of carbonyl (C=O) groups is 1. The molecule has 3 aromatic rings. The van der Waals surface area contributed by atoms with Crippen molar-refractivity contribution in [2.45, 2.75) is 44.2 Å². The number of H-pyrrole nitrogens is 1. The molecule has 0 spiro atoms. The zero-order valence-corrected chi connectivity index (χ0v) is 15.1. The Kier molecular flexibility index (Phi) is 4.44. The van der Waals surface area contributed by atoms with E-state index in [1.54, 1.807) is 24.5 Å². The van der Waals surface area contributed by atoms with Crippen molar-refractivity contribution in [3.05, 3.63) is 54.1 Å². The van der Waals surface area contributed by atoms with Crippen LogP contribution in [0.2, 0.25) is 0 Å². The number of amides is 1. The molecule has 2 aromatic heterocycles. The topological polar surface area (TPSA) is 78.0 Å². The van der Waals surface area contributed by atoms with Crippen molar-refractivity contribution in [2.24, 2.45) is 0 Å². The van der Waals surface area contributed by atoms with E-state index in [0.29, 0.717) is 24.1 Å². The molecule has 0 bridgehead atoms. The summed E-state index contributed by atoms with van der Waals surface area (Å²) in [5.41, 5.74) is 1.43. The first kappa shape index (κ1) is 17.7. The van der Waals surface area contributed by atoms with Crippen LogP contribution < -0.4 is 5.32 Å². The Morgan fingerprint density at radius 3 is 2.81 bits per heavy atom. The van der Waals surface area contributed by atoms with Gasteiger partial charge in [0.25, 0.3) is 5.91 Å². The molecule has 0 unspecified atom stereocenters. The predicted molar refractivity (Wildman–Crippen MR) is 102 cm³/mol. The number of nitrogens with one attached hydrogen (secondary N) is 2. The molecule has 1 amide bonds. The maximum Gasteiger partial charge on any atom is 0.251 e. The minimum Gasteiger partial charge on any atom is -0.390 e. The zero-order chi connectivity index (χ0) is 19.0. The van der Waals surface area contributed by atoms with Crippen LogP contribution in [0.5, 0.6) is 0 Å². The number of aromatic nitrogens is 2. The van der Waals surface area contributed by atoms with Crippen LogP contribution in [-0.4, -0.2) is 32.6 Å². The van der Waals surface area contributed by atoms with E-state index in [-0.39, 0.29) is 17.5 Å². The van der Waals surface area contributed by atoms with E-state index in [1.807, 2.05) is 19.1 Å². The number of rotatable bonds is 3. The largest absolute Gasteiger partial charge is 0.390 e. The number of nitrogens with zero attached hydrogens (tertiary/aromatic N) is 1. The van der Waals surface area contributed by atoms with Crippen molar-refractivity contribution in [3.8, 4) is 11.3 Å². The summed E-state index contributed by atoms with van der Waals surface area (Å²) < 4.78 is 14.7. The highest BCUT2D eigenvalue weighted by molar-refractivity contribution is 5.96. The normalized spacial score (nSPS) is 22.7.